The van der Waals surface area contributed by atoms with E-state index >= 15 is 0 Å². The maximum absolute atomic E-state index is 12.0. The molecule has 0 bridgehead atoms. The molecule has 1 aliphatic rings. The van der Waals surface area contributed by atoms with Crippen LogP contribution in [0, 0.1) is 11.8 Å². The lowest BCUT2D eigenvalue weighted by molar-refractivity contribution is -0.124. The average Bonchev–Trinajstić information content (AvgIpc) is 2.30. The molecule has 0 aromatic carbocycles. The molecule has 0 unspecified atom stereocenters. The van der Waals surface area contributed by atoms with Crippen molar-refractivity contribution in [2.75, 3.05) is 0 Å². The fourth-order valence-electron chi connectivity index (χ4n) is 2.28. The monoisotopic (exact) mass is 252 g/mol. The zero-order valence-electron chi connectivity index (χ0n) is 11.5. The van der Waals surface area contributed by atoms with E-state index in [4.69, 9.17) is 0 Å². The molecule has 0 heterocycles. The summed E-state index contributed by atoms with van der Waals surface area (Å²) in [5, 5.41) is 19.8. The van der Waals surface area contributed by atoms with E-state index in [1.807, 2.05) is 26.8 Å². The van der Waals surface area contributed by atoms with Crippen LogP contribution in [0.2, 0.25) is 0 Å². The van der Waals surface area contributed by atoms with Crippen molar-refractivity contribution in [1.82, 2.24) is 0 Å². The Morgan fingerprint density at radius 3 is 2.61 bits per heavy atom. The second kappa shape index (κ2) is 6.30. The summed E-state index contributed by atoms with van der Waals surface area (Å²) in [6.07, 6.45) is 1.67. The predicted molar refractivity (Wildman–Crippen MR) is 72.1 cm³/mol. The molecule has 0 radical (unpaired) electrons. The van der Waals surface area contributed by atoms with Crippen LogP contribution in [0.1, 0.15) is 40.0 Å². The van der Waals surface area contributed by atoms with Gasteiger partial charge in [-0.1, -0.05) is 25.2 Å². The van der Waals surface area contributed by atoms with Gasteiger partial charge in [0.2, 0.25) is 0 Å². The molecule has 0 aromatic heterocycles. The first-order valence-corrected chi connectivity index (χ1v) is 6.53. The van der Waals surface area contributed by atoms with Crippen LogP contribution in [0.5, 0.6) is 0 Å². The highest BCUT2D eigenvalue weighted by Gasteiger charge is 2.27. The normalized spacial score (nSPS) is 37.8. The van der Waals surface area contributed by atoms with Crippen LogP contribution in [0.25, 0.3) is 0 Å². The number of hydrogen-bond acceptors (Lipinski definition) is 3. The molecular formula is C15H24O3. The Labute approximate surface area is 109 Å². The van der Waals surface area contributed by atoms with Gasteiger partial charge in [0.1, 0.15) is 11.9 Å². The van der Waals surface area contributed by atoms with Gasteiger partial charge < -0.3 is 10.2 Å². The molecule has 102 valence electrons. The summed E-state index contributed by atoms with van der Waals surface area (Å²) in [5.41, 5.74) is 1.77. The minimum Gasteiger partial charge on any atom is -0.390 e. The maximum atomic E-state index is 12.0. The van der Waals surface area contributed by atoms with Gasteiger partial charge in [-0.3, -0.25) is 4.79 Å². The third kappa shape index (κ3) is 3.79. The van der Waals surface area contributed by atoms with E-state index in [2.05, 4.69) is 6.58 Å². The van der Waals surface area contributed by atoms with Gasteiger partial charge in [0.25, 0.3) is 0 Å². The maximum Gasteiger partial charge on any atom is 0.136 e. The summed E-state index contributed by atoms with van der Waals surface area (Å²) < 4.78 is 0. The smallest absolute Gasteiger partial charge is 0.136 e. The number of ketones is 1. The summed E-state index contributed by atoms with van der Waals surface area (Å²) in [6, 6.07) is 0. The van der Waals surface area contributed by atoms with Crippen LogP contribution >= 0.6 is 0 Å². The highest BCUT2D eigenvalue weighted by Crippen LogP contribution is 2.26. The summed E-state index contributed by atoms with van der Waals surface area (Å²) >= 11 is 0. The Balaban J connectivity index is 2.96. The molecule has 0 fully saturated rings. The van der Waals surface area contributed by atoms with Crippen LogP contribution < -0.4 is 0 Å². The Morgan fingerprint density at radius 1 is 1.44 bits per heavy atom. The molecule has 0 saturated carbocycles. The predicted octanol–water partition coefficient (Wildman–Crippen LogP) is 2.24. The molecule has 0 aliphatic heterocycles. The van der Waals surface area contributed by atoms with Crippen molar-refractivity contribution in [2.24, 2.45) is 11.8 Å². The zero-order valence-corrected chi connectivity index (χ0v) is 11.5. The fraction of sp³-hybridized carbons (Fsp3) is 0.667. The highest BCUT2D eigenvalue weighted by atomic mass is 16.3. The van der Waals surface area contributed by atoms with Crippen LogP contribution in [-0.4, -0.2) is 28.2 Å². The van der Waals surface area contributed by atoms with Crippen molar-refractivity contribution in [3.8, 4) is 0 Å². The number of Topliss-reactive ketones (excluding diaryl/α,β-unsaturated/α-hetero) is 1. The lowest BCUT2D eigenvalue weighted by Gasteiger charge is -2.25. The molecular weight excluding hydrogens is 228 g/mol. The average molecular weight is 252 g/mol. The van der Waals surface area contributed by atoms with Gasteiger partial charge in [0, 0.05) is 12.3 Å². The molecule has 0 spiro atoms. The van der Waals surface area contributed by atoms with Crippen molar-refractivity contribution >= 4 is 5.78 Å². The Hall–Kier alpha value is -0.930. The summed E-state index contributed by atoms with van der Waals surface area (Å²) in [4.78, 5) is 12.0. The molecule has 0 aromatic rings. The molecule has 3 heteroatoms. The van der Waals surface area contributed by atoms with Gasteiger partial charge in [-0.05, 0) is 38.2 Å². The number of rotatable bonds is 1. The van der Waals surface area contributed by atoms with E-state index < -0.39 is 12.2 Å². The highest BCUT2D eigenvalue weighted by molar-refractivity contribution is 5.81. The van der Waals surface area contributed by atoms with E-state index in [0.717, 1.165) is 11.1 Å². The molecule has 4 atom stereocenters. The van der Waals surface area contributed by atoms with Gasteiger partial charge in [-0.15, -0.1) is 0 Å². The lowest BCUT2D eigenvalue weighted by Crippen LogP contribution is -2.32. The van der Waals surface area contributed by atoms with Gasteiger partial charge >= 0.3 is 0 Å². The summed E-state index contributed by atoms with van der Waals surface area (Å²) in [7, 11) is 0. The van der Waals surface area contributed by atoms with Crippen LogP contribution in [-0.2, 0) is 4.79 Å². The lowest BCUT2D eigenvalue weighted by atomic mass is 9.83. The second-order valence-corrected chi connectivity index (χ2v) is 5.55. The number of hydrogen-bond donors (Lipinski definition) is 2. The van der Waals surface area contributed by atoms with Crippen molar-refractivity contribution in [3.63, 3.8) is 0 Å². The van der Waals surface area contributed by atoms with Gasteiger partial charge in [0.05, 0.1) is 6.10 Å². The van der Waals surface area contributed by atoms with Gasteiger partial charge in [0.15, 0.2) is 0 Å². The fourth-order valence-corrected chi connectivity index (χ4v) is 2.28. The second-order valence-electron chi connectivity index (χ2n) is 5.55. The number of aliphatic hydroxyl groups excluding tert-OH is 2. The van der Waals surface area contributed by atoms with Crippen LogP contribution in [0.15, 0.2) is 23.8 Å². The number of aliphatic hydroxyl groups is 2. The Bertz CT molecular complexity index is 357. The molecule has 1 rings (SSSR count). The molecule has 2 N–H and O–H groups in total. The number of carbonyl (C=O) groups excluding carboxylic acids is 1. The molecule has 18 heavy (non-hydrogen) atoms. The number of carbonyl (C=O) groups is 1. The molecule has 1 aliphatic carbocycles. The van der Waals surface area contributed by atoms with E-state index in [9.17, 15) is 15.0 Å². The Morgan fingerprint density at radius 2 is 2.06 bits per heavy atom. The largest absolute Gasteiger partial charge is 0.390 e. The first kappa shape index (κ1) is 15.1. The molecule has 0 amide bonds. The van der Waals surface area contributed by atoms with E-state index in [0.29, 0.717) is 19.3 Å². The van der Waals surface area contributed by atoms with Crippen LogP contribution in [0.3, 0.4) is 0 Å². The topological polar surface area (TPSA) is 57.5 Å². The minimum atomic E-state index is -0.871. The molecule has 0 saturated heterocycles. The Kier molecular flexibility index (Phi) is 5.29. The van der Waals surface area contributed by atoms with Gasteiger partial charge in [-0.2, -0.15) is 0 Å². The van der Waals surface area contributed by atoms with Crippen molar-refractivity contribution in [3.05, 3.63) is 23.8 Å². The van der Waals surface area contributed by atoms with E-state index in [1.165, 1.54) is 0 Å². The summed E-state index contributed by atoms with van der Waals surface area (Å²) in [5.74, 6) is 0.0574. The standard InChI is InChI=1S/C15H24O3/c1-9(2)12-6-5-10(3)15(18)14(17)7-11(4)13(16)8-12/h5,11-12,14-15,17-18H,1,6-8H2,2-4H3/b10-5+/t11-,12-,14-,15-/m0/s1. The SMILES string of the molecule is C=C(C)[C@H]1C/C=C(\C)[C@H](O)[C@@H](O)C[C@H](C)C(=O)C1. The van der Waals surface area contributed by atoms with Gasteiger partial charge in [-0.25, -0.2) is 0 Å². The number of allylic oxidation sites excluding steroid dienone is 2. The van der Waals surface area contributed by atoms with Crippen LogP contribution in [0.4, 0.5) is 0 Å². The minimum absolute atomic E-state index is 0.136. The summed E-state index contributed by atoms with van der Waals surface area (Å²) in [6.45, 7) is 9.49. The first-order valence-electron chi connectivity index (χ1n) is 6.53. The first-order chi connectivity index (χ1) is 8.32. The zero-order chi connectivity index (χ0) is 13.9. The van der Waals surface area contributed by atoms with E-state index in [-0.39, 0.29) is 17.6 Å². The third-order valence-corrected chi connectivity index (χ3v) is 3.84. The third-order valence-electron chi connectivity index (χ3n) is 3.84. The van der Waals surface area contributed by atoms with E-state index in [1.54, 1.807) is 0 Å². The quantitative estimate of drug-likeness (QED) is 0.704. The van der Waals surface area contributed by atoms with Crippen molar-refractivity contribution < 1.29 is 15.0 Å². The molecule has 3 nitrogen and oxygen atoms in total. The van der Waals surface area contributed by atoms with Crippen molar-refractivity contribution in [1.29, 1.82) is 0 Å². The van der Waals surface area contributed by atoms with Crippen molar-refractivity contribution in [2.45, 2.75) is 52.2 Å².